The Hall–Kier alpha value is -4.04. The van der Waals surface area contributed by atoms with Crippen molar-refractivity contribution in [1.29, 1.82) is 5.26 Å². The summed E-state index contributed by atoms with van der Waals surface area (Å²) in [7, 11) is 2.06. The number of aryl methyl sites for hydroxylation is 1. The van der Waals surface area contributed by atoms with Crippen molar-refractivity contribution in [3.63, 3.8) is 0 Å². The smallest absolute Gasteiger partial charge is 0.407 e. The number of nitrogens with zero attached hydrogens (tertiary/aromatic N) is 7. The van der Waals surface area contributed by atoms with Crippen molar-refractivity contribution in [3.8, 4) is 23.3 Å². The van der Waals surface area contributed by atoms with E-state index in [1.165, 1.54) is 10.5 Å². The van der Waals surface area contributed by atoms with Gasteiger partial charge in [-0.1, -0.05) is 18.2 Å². The lowest BCUT2D eigenvalue weighted by Crippen LogP contribution is -2.55. The summed E-state index contributed by atoms with van der Waals surface area (Å²) in [5.41, 5.74) is 3.56. The van der Waals surface area contributed by atoms with Crippen LogP contribution in [0.25, 0.3) is 22.2 Å². The number of nitriles is 1. The maximum atomic E-state index is 16.5. The van der Waals surface area contributed by atoms with E-state index in [4.69, 9.17) is 9.72 Å². The third kappa shape index (κ3) is 5.24. The highest BCUT2D eigenvalue weighted by atomic mass is 19.1. The molecule has 41 heavy (non-hydrogen) atoms. The van der Waals surface area contributed by atoms with Crippen LogP contribution in [0.1, 0.15) is 43.2 Å². The highest BCUT2D eigenvalue weighted by molar-refractivity contribution is 5.92. The molecule has 0 saturated carbocycles. The fourth-order valence-electron chi connectivity index (χ4n) is 6.46. The Kier molecular flexibility index (Phi) is 7.58. The molecule has 2 aliphatic heterocycles. The number of carboxylic acid groups (broad SMARTS) is 1. The second kappa shape index (κ2) is 11.4. The van der Waals surface area contributed by atoms with Gasteiger partial charge in [0.25, 0.3) is 0 Å². The Morgan fingerprint density at radius 2 is 2.02 bits per heavy atom. The number of hydrogen-bond donors (Lipinski definition) is 1. The van der Waals surface area contributed by atoms with Crippen molar-refractivity contribution < 1.29 is 19.0 Å². The first kappa shape index (κ1) is 27.1. The Morgan fingerprint density at radius 1 is 1.17 bits per heavy atom. The fraction of sp³-hybridized carbons (Fsp3) is 0.500. The topological polar surface area (TPSA) is 119 Å². The lowest BCUT2D eigenvalue weighted by Gasteiger charge is -2.39. The molecule has 11 heteroatoms. The van der Waals surface area contributed by atoms with E-state index in [0.717, 1.165) is 56.2 Å². The molecule has 2 aromatic heterocycles. The summed E-state index contributed by atoms with van der Waals surface area (Å²) >= 11 is 0. The van der Waals surface area contributed by atoms with E-state index in [1.54, 1.807) is 6.20 Å². The van der Waals surface area contributed by atoms with E-state index in [9.17, 15) is 15.2 Å². The number of rotatable bonds is 6. The molecule has 2 fully saturated rings. The lowest BCUT2D eigenvalue weighted by molar-refractivity contribution is 0.119. The van der Waals surface area contributed by atoms with Gasteiger partial charge in [0.05, 0.1) is 23.9 Å². The van der Waals surface area contributed by atoms with Gasteiger partial charge in [-0.2, -0.15) is 15.2 Å². The SMILES string of the molecule is CN1CCCC1COc1nc(N2CCN(C(=O)O)C(CC#N)C2)c2cnc(-c3cccc4c3CCCC4)c(F)c2n1. The standard InChI is InChI=1S/C30H34FN7O3/c1-36-13-5-8-21(36)18-41-29-34-27-24(28(35-29)37-14-15-38(30(39)40)20(17-37)11-12-32)16-33-26(25(27)31)23-10-4-7-19-6-2-3-9-22(19)23/h4,7,10,16,20-21H,2-3,5-6,8-9,11,13-15,17-18H2,1H3,(H,39,40). The van der Waals surface area contributed by atoms with Gasteiger partial charge in [-0.3, -0.25) is 4.98 Å². The molecule has 3 aliphatic rings. The molecule has 2 unspecified atom stereocenters. The number of likely N-dealkylation sites (tertiary alicyclic amines) is 1. The molecule has 1 amide bonds. The van der Waals surface area contributed by atoms with E-state index < -0.39 is 18.0 Å². The van der Waals surface area contributed by atoms with Gasteiger partial charge in [0, 0.05) is 37.4 Å². The van der Waals surface area contributed by atoms with Crippen molar-refractivity contribution in [2.75, 3.05) is 44.7 Å². The Morgan fingerprint density at radius 3 is 2.80 bits per heavy atom. The first-order valence-corrected chi connectivity index (χ1v) is 14.4. The summed E-state index contributed by atoms with van der Waals surface area (Å²) in [4.78, 5) is 31.1. The molecule has 1 aromatic carbocycles. The number of amides is 1. The number of piperazine rings is 1. The number of fused-ring (bicyclic) bond motifs is 2. The summed E-state index contributed by atoms with van der Waals surface area (Å²) in [5, 5.41) is 19.4. The molecule has 10 nitrogen and oxygen atoms in total. The van der Waals surface area contributed by atoms with Crippen molar-refractivity contribution in [3.05, 3.63) is 41.3 Å². The molecule has 0 bridgehead atoms. The number of anilines is 1. The number of pyridine rings is 1. The lowest BCUT2D eigenvalue weighted by atomic mass is 9.87. The van der Waals surface area contributed by atoms with Crippen LogP contribution in [0.2, 0.25) is 0 Å². The van der Waals surface area contributed by atoms with Crippen LogP contribution in [-0.4, -0.2) is 87.9 Å². The summed E-state index contributed by atoms with van der Waals surface area (Å²) < 4.78 is 22.5. The van der Waals surface area contributed by atoms with Gasteiger partial charge in [-0.05, 0) is 63.2 Å². The zero-order valence-electron chi connectivity index (χ0n) is 23.2. The van der Waals surface area contributed by atoms with E-state index in [0.29, 0.717) is 24.4 Å². The quantitative estimate of drug-likeness (QED) is 0.472. The molecule has 3 aromatic rings. The van der Waals surface area contributed by atoms with Crippen LogP contribution >= 0.6 is 0 Å². The minimum atomic E-state index is -1.06. The highest BCUT2D eigenvalue weighted by Gasteiger charge is 2.33. The van der Waals surface area contributed by atoms with Crippen LogP contribution in [-0.2, 0) is 12.8 Å². The van der Waals surface area contributed by atoms with Crippen LogP contribution in [0, 0.1) is 17.1 Å². The van der Waals surface area contributed by atoms with Crippen LogP contribution in [0.15, 0.2) is 24.4 Å². The van der Waals surface area contributed by atoms with Gasteiger partial charge in [0.2, 0.25) is 0 Å². The van der Waals surface area contributed by atoms with Gasteiger partial charge < -0.3 is 24.5 Å². The molecule has 1 N–H and O–H groups in total. The predicted molar refractivity (Wildman–Crippen MR) is 151 cm³/mol. The monoisotopic (exact) mass is 559 g/mol. The molecule has 0 radical (unpaired) electrons. The van der Waals surface area contributed by atoms with Crippen molar-refractivity contribution in [1.82, 2.24) is 24.8 Å². The first-order valence-electron chi connectivity index (χ1n) is 14.4. The molecule has 0 spiro atoms. The summed E-state index contributed by atoms with van der Waals surface area (Å²) in [5.74, 6) is -0.0866. The average molecular weight is 560 g/mol. The molecule has 2 saturated heterocycles. The van der Waals surface area contributed by atoms with Gasteiger partial charge in [0.15, 0.2) is 5.82 Å². The van der Waals surface area contributed by atoms with Crippen molar-refractivity contribution >= 4 is 22.8 Å². The van der Waals surface area contributed by atoms with Gasteiger partial charge in [-0.15, -0.1) is 0 Å². The number of ether oxygens (including phenoxy) is 1. The number of likely N-dealkylation sites (N-methyl/N-ethyl adjacent to an activating group) is 1. The molecule has 2 atom stereocenters. The molecule has 1 aliphatic carbocycles. The Bertz CT molecular complexity index is 1510. The second-order valence-electron chi connectivity index (χ2n) is 11.2. The van der Waals surface area contributed by atoms with Crippen LogP contribution in [0.4, 0.5) is 15.0 Å². The first-order chi connectivity index (χ1) is 19.9. The second-order valence-corrected chi connectivity index (χ2v) is 11.2. The van der Waals surface area contributed by atoms with E-state index >= 15 is 4.39 Å². The molecule has 4 heterocycles. The average Bonchev–Trinajstić information content (AvgIpc) is 3.40. The van der Waals surface area contributed by atoms with E-state index in [-0.39, 0.29) is 42.8 Å². The van der Waals surface area contributed by atoms with Crippen LogP contribution in [0.5, 0.6) is 6.01 Å². The predicted octanol–water partition coefficient (Wildman–Crippen LogP) is 4.26. The third-order valence-electron chi connectivity index (χ3n) is 8.73. The zero-order valence-corrected chi connectivity index (χ0v) is 23.2. The van der Waals surface area contributed by atoms with Gasteiger partial charge in [-0.25, -0.2) is 9.18 Å². The summed E-state index contributed by atoms with van der Waals surface area (Å²) in [6, 6.07) is 7.85. The van der Waals surface area contributed by atoms with Gasteiger partial charge >= 0.3 is 12.1 Å². The van der Waals surface area contributed by atoms with Gasteiger partial charge in [0.1, 0.15) is 23.6 Å². The minimum Gasteiger partial charge on any atom is -0.465 e. The fourth-order valence-corrected chi connectivity index (χ4v) is 6.46. The zero-order chi connectivity index (χ0) is 28.5. The third-order valence-corrected chi connectivity index (χ3v) is 8.73. The van der Waals surface area contributed by atoms with E-state index in [2.05, 4.69) is 34.1 Å². The maximum Gasteiger partial charge on any atom is 0.407 e. The summed E-state index contributed by atoms with van der Waals surface area (Å²) in [6.07, 6.45) is 6.73. The number of benzene rings is 1. The van der Waals surface area contributed by atoms with Crippen LogP contribution < -0.4 is 9.64 Å². The van der Waals surface area contributed by atoms with Crippen LogP contribution in [0.3, 0.4) is 0 Å². The number of hydrogen-bond acceptors (Lipinski definition) is 8. The summed E-state index contributed by atoms with van der Waals surface area (Å²) in [6.45, 7) is 2.15. The Balaban J connectivity index is 1.43. The molecular formula is C30H34FN7O3. The maximum absolute atomic E-state index is 16.5. The minimum absolute atomic E-state index is 0.0407. The molecular weight excluding hydrogens is 525 g/mol. The number of carbonyl (C=O) groups is 1. The van der Waals surface area contributed by atoms with Crippen molar-refractivity contribution in [2.24, 2.45) is 0 Å². The van der Waals surface area contributed by atoms with E-state index in [1.807, 2.05) is 17.0 Å². The highest BCUT2D eigenvalue weighted by Crippen LogP contribution is 2.36. The number of aromatic nitrogens is 3. The largest absolute Gasteiger partial charge is 0.465 e. The Labute approximate surface area is 238 Å². The molecule has 214 valence electrons. The number of halogens is 1. The normalized spacial score (nSPS) is 21.1. The molecule has 6 rings (SSSR count). The van der Waals surface area contributed by atoms with Crippen molar-refractivity contribution in [2.45, 2.75) is 57.0 Å².